The molecule has 1 heterocycles. The van der Waals surface area contributed by atoms with Gasteiger partial charge in [0, 0.05) is 23.9 Å². The fraction of sp³-hybridized carbons (Fsp3) is 0.0333. The van der Waals surface area contributed by atoms with Crippen LogP contribution in [-0.4, -0.2) is 9.55 Å². The maximum atomic E-state index is 5.14. The summed E-state index contributed by atoms with van der Waals surface area (Å²) in [6.07, 6.45) is 2.19. The summed E-state index contributed by atoms with van der Waals surface area (Å²) in [5.74, 6) is 0.994. The van der Waals surface area contributed by atoms with Crippen molar-refractivity contribution >= 4 is 21.5 Å². The van der Waals surface area contributed by atoms with Crippen LogP contribution in [0.15, 0.2) is 121 Å². The summed E-state index contributed by atoms with van der Waals surface area (Å²) >= 11 is 0. The van der Waals surface area contributed by atoms with Crippen LogP contribution in [0.1, 0.15) is 5.56 Å². The van der Waals surface area contributed by atoms with E-state index >= 15 is 0 Å². The van der Waals surface area contributed by atoms with E-state index in [9.17, 15) is 0 Å². The average Bonchev–Trinajstić information content (AvgIpc) is 3.28. The monoisotopic (exact) mass is 410 g/mol. The summed E-state index contributed by atoms with van der Waals surface area (Å²) in [5.41, 5.74) is 4.58. The van der Waals surface area contributed by atoms with Gasteiger partial charge in [-0.15, -0.1) is 0 Å². The van der Waals surface area contributed by atoms with E-state index in [1.54, 1.807) is 0 Å². The molecule has 6 aromatic rings. The molecule has 0 saturated heterocycles. The minimum atomic E-state index is 0.764. The van der Waals surface area contributed by atoms with Gasteiger partial charge in [-0.3, -0.25) is 0 Å². The van der Waals surface area contributed by atoms with E-state index in [4.69, 9.17) is 4.98 Å². The number of imidazole rings is 1. The van der Waals surface area contributed by atoms with Crippen LogP contribution in [0, 0.1) is 0 Å². The summed E-state index contributed by atoms with van der Waals surface area (Å²) in [4.78, 5) is 5.14. The molecule has 0 saturated carbocycles. The highest BCUT2D eigenvalue weighted by atomic mass is 15.1. The van der Waals surface area contributed by atoms with Gasteiger partial charge in [0.05, 0.1) is 5.69 Å². The number of benzene rings is 5. The Labute approximate surface area is 187 Å². The second-order valence-electron chi connectivity index (χ2n) is 8.11. The normalized spacial score (nSPS) is 11.2. The molecule has 0 spiro atoms. The first kappa shape index (κ1) is 18.6. The van der Waals surface area contributed by atoms with Gasteiger partial charge >= 0.3 is 0 Å². The molecule has 0 atom stereocenters. The molecule has 152 valence electrons. The zero-order valence-corrected chi connectivity index (χ0v) is 17.6. The quantitative estimate of drug-likeness (QED) is 0.293. The largest absolute Gasteiger partial charge is 0.326 e. The maximum Gasteiger partial charge on any atom is 0.141 e. The van der Waals surface area contributed by atoms with Crippen molar-refractivity contribution in [2.24, 2.45) is 0 Å². The smallest absolute Gasteiger partial charge is 0.141 e. The summed E-state index contributed by atoms with van der Waals surface area (Å²) in [7, 11) is 0. The molecule has 5 aromatic carbocycles. The van der Waals surface area contributed by atoms with Crippen LogP contribution in [0.4, 0.5) is 0 Å². The molecule has 0 radical (unpaired) electrons. The SMILES string of the molecule is c1ccc(-c2cn(Cc3cccc4ccccc34)c(-c3cccc4ccccc34)n2)cc1. The summed E-state index contributed by atoms with van der Waals surface area (Å²) < 4.78 is 2.30. The number of fused-ring (bicyclic) bond motifs is 2. The van der Waals surface area contributed by atoms with E-state index in [1.807, 2.05) is 6.07 Å². The minimum absolute atomic E-state index is 0.764. The van der Waals surface area contributed by atoms with Crippen LogP contribution in [0.3, 0.4) is 0 Å². The van der Waals surface area contributed by atoms with Crippen LogP contribution in [-0.2, 0) is 6.54 Å². The predicted molar refractivity (Wildman–Crippen MR) is 134 cm³/mol. The Morgan fingerprint density at radius 1 is 0.562 bits per heavy atom. The van der Waals surface area contributed by atoms with Crippen LogP contribution in [0.25, 0.3) is 44.2 Å². The third-order valence-corrected chi connectivity index (χ3v) is 6.10. The first-order chi connectivity index (χ1) is 15.9. The van der Waals surface area contributed by atoms with Crippen LogP contribution in [0.5, 0.6) is 0 Å². The zero-order chi connectivity index (χ0) is 21.3. The molecular formula is C30H22N2. The van der Waals surface area contributed by atoms with E-state index in [-0.39, 0.29) is 0 Å². The van der Waals surface area contributed by atoms with Gasteiger partial charge in [-0.05, 0) is 27.1 Å². The van der Waals surface area contributed by atoms with Gasteiger partial charge in [0.15, 0.2) is 0 Å². The molecule has 0 fully saturated rings. The van der Waals surface area contributed by atoms with Gasteiger partial charge in [-0.2, -0.15) is 0 Å². The van der Waals surface area contributed by atoms with Gasteiger partial charge < -0.3 is 4.57 Å². The molecule has 0 aliphatic carbocycles. The lowest BCUT2D eigenvalue weighted by Gasteiger charge is -2.12. The van der Waals surface area contributed by atoms with Gasteiger partial charge in [-0.1, -0.05) is 115 Å². The molecule has 32 heavy (non-hydrogen) atoms. The maximum absolute atomic E-state index is 5.14. The minimum Gasteiger partial charge on any atom is -0.326 e. The van der Waals surface area contributed by atoms with E-state index < -0.39 is 0 Å². The van der Waals surface area contributed by atoms with E-state index in [2.05, 4.69) is 120 Å². The highest BCUT2D eigenvalue weighted by molar-refractivity contribution is 5.95. The van der Waals surface area contributed by atoms with Crippen molar-refractivity contribution in [3.63, 3.8) is 0 Å². The van der Waals surface area contributed by atoms with Crippen molar-refractivity contribution in [1.29, 1.82) is 0 Å². The van der Waals surface area contributed by atoms with Gasteiger partial charge in [0.2, 0.25) is 0 Å². The Morgan fingerprint density at radius 2 is 1.19 bits per heavy atom. The Hall–Kier alpha value is -4.17. The van der Waals surface area contributed by atoms with E-state index in [0.29, 0.717) is 0 Å². The average molecular weight is 411 g/mol. The predicted octanol–water partition coefficient (Wildman–Crippen LogP) is 7.57. The Kier molecular flexibility index (Phi) is 4.54. The van der Waals surface area contributed by atoms with Crippen molar-refractivity contribution in [3.8, 4) is 22.6 Å². The third kappa shape index (κ3) is 3.27. The highest BCUT2D eigenvalue weighted by Gasteiger charge is 2.15. The number of hydrogen-bond acceptors (Lipinski definition) is 1. The third-order valence-electron chi connectivity index (χ3n) is 6.10. The molecule has 2 heteroatoms. The molecule has 0 aliphatic heterocycles. The van der Waals surface area contributed by atoms with E-state index in [0.717, 1.165) is 29.2 Å². The molecule has 1 aromatic heterocycles. The van der Waals surface area contributed by atoms with Gasteiger partial charge in [-0.25, -0.2) is 4.98 Å². The van der Waals surface area contributed by atoms with Crippen LogP contribution in [0.2, 0.25) is 0 Å². The second-order valence-corrected chi connectivity index (χ2v) is 8.11. The van der Waals surface area contributed by atoms with Crippen molar-refractivity contribution in [3.05, 3.63) is 127 Å². The molecular weight excluding hydrogens is 388 g/mol. The first-order valence-corrected chi connectivity index (χ1v) is 10.9. The fourth-order valence-corrected chi connectivity index (χ4v) is 4.53. The number of rotatable bonds is 4. The molecule has 6 rings (SSSR count). The number of aromatic nitrogens is 2. The topological polar surface area (TPSA) is 17.8 Å². The summed E-state index contributed by atoms with van der Waals surface area (Å²) in [5, 5.41) is 5.00. The van der Waals surface area contributed by atoms with E-state index in [1.165, 1.54) is 27.1 Å². The molecule has 0 amide bonds. The lowest BCUT2D eigenvalue weighted by molar-refractivity contribution is 0.813. The van der Waals surface area contributed by atoms with Crippen molar-refractivity contribution in [1.82, 2.24) is 9.55 Å². The van der Waals surface area contributed by atoms with Gasteiger partial charge in [0.25, 0.3) is 0 Å². The lowest BCUT2D eigenvalue weighted by atomic mass is 10.0. The molecule has 0 N–H and O–H groups in total. The number of nitrogens with zero attached hydrogens (tertiary/aromatic N) is 2. The summed E-state index contributed by atoms with van der Waals surface area (Å²) in [6, 6.07) is 40.5. The molecule has 2 nitrogen and oxygen atoms in total. The fourth-order valence-electron chi connectivity index (χ4n) is 4.53. The molecule has 0 aliphatic rings. The van der Waals surface area contributed by atoms with Crippen molar-refractivity contribution < 1.29 is 0 Å². The lowest BCUT2D eigenvalue weighted by Crippen LogP contribution is -2.02. The Balaban J connectivity index is 1.56. The zero-order valence-electron chi connectivity index (χ0n) is 17.6. The number of hydrogen-bond donors (Lipinski definition) is 0. The standard InChI is InChI=1S/C30H22N2/c1-2-12-24(13-3-1)29-21-32(20-25-16-8-14-22-10-4-6-17-26(22)25)30(31-29)28-19-9-15-23-11-5-7-18-27(23)28/h1-19,21H,20H2. The van der Waals surface area contributed by atoms with Crippen molar-refractivity contribution in [2.75, 3.05) is 0 Å². The van der Waals surface area contributed by atoms with Crippen LogP contribution >= 0.6 is 0 Å². The van der Waals surface area contributed by atoms with Crippen LogP contribution < -0.4 is 0 Å². The second kappa shape index (κ2) is 7.82. The van der Waals surface area contributed by atoms with Gasteiger partial charge in [0.1, 0.15) is 5.82 Å². The Morgan fingerprint density at radius 3 is 2.00 bits per heavy atom. The molecule has 0 unspecified atom stereocenters. The Bertz CT molecular complexity index is 1530. The highest BCUT2D eigenvalue weighted by Crippen LogP contribution is 2.32. The molecule has 0 bridgehead atoms. The summed E-state index contributed by atoms with van der Waals surface area (Å²) in [6.45, 7) is 0.764. The first-order valence-electron chi connectivity index (χ1n) is 10.9. The van der Waals surface area contributed by atoms with Crippen molar-refractivity contribution in [2.45, 2.75) is 6.54 Å².